The van der Waals surface area contributed by atoms with E-state index in [2.05, 4.69) is 31.3 Å². The lowest BCUT2D eigenvalue weighted by molar-refractivity contribution is -0.133. The second-order valence-electron chi connectivity index (χ2n) is 6.60. The van der Waals surface area contributed by atoms with Crippen LogP contribution in [-0.2, 0) is 4.79 Å². The van der Waals surface area contributed by atoms with Crippen molar-refractivity contribution >= 4 is 18.3 Å². The Morgan fingerprint density at radius 2 is 2.12 bits per heavy atom. The Morgan fingerprint density at radius 1 is 1.33 bits per heavy atom. The van der Waals surface area contributed by atoms with E-state index in [0.29, 0.717) is 18.9 Å². The van der Waals surface area contributed by atoms with Gasteiger partial charge in [-0.3, -0.25) is 4.79 Å². The van der Waals surface area contributed by atoms with Crippen LogP contribution in [0.5, 0.6) is 5.75 Å². The maximum absolute atomic E-state index is 12.3. The van der Waals surface area contributed by atoms with Gasteiger partial charge < -0.3 is 15.0 Å². The van der Waals surface area contributed by atoms with E-state index in [1.165, 1.54) is 17.5 Å². The molecule has 1 N–H and O–H groups in total. The van der Waals surface area contributed by atoms with Gasteiger partial charge in [0.25, 0.3) is 0 Å². The number of carbonyl (C=O) groups excluding carboxylic acids is 1. The van der Waals surface area contributed by atoms with Crippen LogP contribution >= 0.6 is 12.4 Å². The minimum atomic E-state index is 0. The van der Waals surface area contributed by atoms with E-state index in [4.69, 9.17) is 4.74 Å². The van der Waals surface area contributed by atoms with Gasteiger partial charge in [0.05, 0.1) is 6.61 Å². The zero-order valence-electron chi connectivity index (χ0n) is 15.1. The number of nitrogens with one attached hydrogen (secondary N) is 1. The van der Waals surface area contributed by atoms with Gasteiger partial charge in [0.15, 0.2) is 0 Å². The van der Waals surface area contributed by atoms with E-state index in [-0.39, 0.29) is 18.3 Å². The molecule has 1 amide bonds. The predicted octanol–water partition coefficient (Wildman–Crippen LogP) is 3.34. The quantitative estimate of drug-likeness (QED) is 0.763. The van der Waals surface area contributed by atoms with Gasteiger partial charge in [-0.1, -0.05) is 6.07 Å². The summed E-state index contributed by atoms with van der Waals surface area (Å²) < 4.78 is 5.76. The number of nitrogens with zero attached hydrogens (tertiary/aromatic N) is 1. The molecule has 0 aromatic heterocycles. The molecule has 1 atom stereocenters. The minimum absolute atomic E-state index is 0. The van der Waals surface area contributed by atoms with Gasteiger partial charge in [-0.15, -0.1) is 12.4 Å². The van der Waals surface area contributed by atoms with Gasteiger partial charge in [-0.2, -0.15) is 0 Å². The summed E-state index contributed by atoms with van der Waals surface area (Å²) in [6.45, 7) is 7.60. The minimum Gasteiger partial charge on any atom is -0.494 e. The SMILES string of the molecule is CNCC1CCCN(C(=O)CCCOc2ccc(C)c(C)c2)C1.Cl. The highest BCUT2D eigenvalue weighted by Gasteiger charge is 2.22. The average Bonchev–Trinajstić information content (AvgIpc) is 2.55. The number of piperidine rings is 1. The van der Waals surface area contributed by atoms with Crippen LogP contribution in [0.25, 0.3) is 0 Å². The van der Waals surface area contributed by atoms with Gasteiger partial charge >= 0.3 is 0 Å². The maximum atomic E-state index is 12.3. The molecule has 5 heteroatoms. The highest BCUT2D eigenvalue weighted by molar-refractivity contribution is 5.85. The molecule has 2 rings (SSSR count). The molecule has 1 saturated heterocycles. The number of likely N-dealkylation sites (tertiary alicyclic amines) is 1. The third-order valence-electron chi connectivity index (χ3n) is 4.65. The fourth-order valence-corrected chi connectivity index (χ4v) is 3.12. The number of hydrogen-bond donors (Lipinski definition) is 1. The van der Waals surface area contributed by atoms with Crippen LogP contribution in [-0.4, -0.2) is 44.1 Å². The molecule has 1 aromatic carbocycles. The molecule has 1 fully saturated rings. The average molecular weight is 355 g/mol. The molecule has 1 heterocycles. The lowest BCUT2D eigenvalue weighted by Crippen LogP contribution is -2.42. The van der Waals surface area contributed by atoms with Crippen LogP contribution in [0.4, 0.5) is 0 Å². The molecule has 1 aliphatic rings. The molecule has 0 saturated carbocycles. The Labute approximate surface area is 152 Å². The monoisotopic (exact) mass is 354 g/mol. The van der Waals surface area contributed by atoms with Crippen LogP contribution in [0.15, 0.2) is 18.2 Å². The summed E-state index contributed by atoms with van der Waals surface area (Å²) in [7, 11) is 1.98. The molecule has 1 unspecified atom stereocenters. The second-order valence-corrected chi connectivity index (χ2v) is 6.60. The molecule has 4 nitrogen and oxygen atoms in total. The largest absolute Gasteiger partial charge is 0.494 e. The molecule has 136 valence electrons. The molecule has 0 aliphatic carbocycles. The number of benzene rings is 1. The van der Waals surface area contributed by atoms with Crippen molar-refractivity contribution in [3.05, 3.63) is 29.3 Å². The molecule has 1 aromatic rings. The van der Waals surface area contributed by atoms with Crippen molar-refractivity contribution in [1.82, 2.24) is 10.2 Å². The molecule has 24 heavy (non-hydrogen) atoms. The Bertz CT molecular complexity index is 520. The van der Waals surface area contributed by atoms with Gasteiger partial charge in [0, 0.05) is 19.5 Å². The third kappa shape index (κ3) is 6.33. The first-order valence-corrected chi connectivity index (χ1v) is 8.72. The standard InChI is InChI=1S/C19H30N2O2.ClH/c1-15-8-9-18(12-16(15)2)23-11-5-7-19(22)21-10-4-6-17(14-21)13-20-3;/h8-9,12,17,20H,4-7,10-11,13-14H2,1-3H3;1H. The van der Waals surface area contributed by atoms with E-state index in [9.17, 15) is 4.79 Å². The summed E-state index contributed by atoms with van der Waals surface area (Å²) in [5, 5.41) is 3.22. The molecule has 0 spiro atoms. The Balaban J connectivity index is 0.00000288. The van der Waals surface area contributed by atoms with Crippen LogP contribution in [0.3, 0.4) is 0 Å². The number of hydrogen-bond acceptors (Lipinski definition) is 3. The van der Waals surface area contributed by atoms with Crippen LogP contribution in [0.1, 0.15) is 36.8 Å². The highest BCUT2D eigenvalue weighted by atomic mass is 35.5. The van der Waals surface area contributed by atoms with Gasteiger partial charge in [-0.05, 0) is 75.9 Å². The normalized spacial score (nSPS) is 17.3. The Kier molecular flexibility index (Phi) is 9.16. The maximum Gasteiger partial charge on any atom is 0.222 e. The topological polar surface area (TPSA) is 41.6 Å². The molecular weight excluding hydrogens is 324 g/mol. The number of aryl methyl sites for hydroxylation is 2. The van der Waals surface area contributed by atoms with E-state index in [1.54, 1.807) is 0 Å². The molecule has 1 aliphatic heterocycles. The fraction of sp³-hybridized carbons (Fsp3) is 0.632. The first kappa shape index (κ1) is 20.8. The van der Waals surface area contributed by atoms with Gasteiger partial charge in [0.1, 0.15) is 5.75 Å². The highest BCUT2D eigenvalue weighted by Crippen LogP contribution is 2.18. The summed E-state index contributed by atoms with van der Waals surface area (Å²) >= 11 is 0. The van der Waals surface area contributed by atoms with E-state index < -0.39 is 0 Å². The molecule has 0 radical (unpaired) electrons. The number of rotatable bonds is 7. The van der Waals surface area contributed by atoms with E-state index >= 15 is 0 Å². The summed E-state index contributed by atoms with van der Waals surface area (Å²) in [5.74, 6) is 1.77. The van der Waals surface area contributed by atoms with Crippen molar-refractivity contribution in [2.75, 3.05) is 33.3 Å². The van der Waals surface area contributed by atoms with E-state index in [1.807, 2.05) is 18.0 Å². The summed E-state index contributed by atoms with van der Waals surface area (Å²) in [6.07, 6.45) is 3.70. The Morgan fingerprint density at radius 3 is 2.83 bits per heavy atom. The first-order chi connectivity index (χ1) is 11.1. The number of carbonyl (C=O) groups is 1. The smallest absolute Gasteiger partial charge is 0.222 e. The van der Waals surface area contributed by atoms with Crippen molar-refractivity contribution in [2.24, 2.45) is 5.92 Å². The number of ether oxygens (including phenoxy) is 1. The number of halogens is 1. The first-order valence-electron chi connectivity index (χ1n) is 8.72. The zero-order valence-corrected chi connectivity index (χ0v) is 16.0. The Hall–Kier alpha value is -1.26. The zero-order chi connectivity index (χ0) is 16.7. The van der Waals surface area contributed by atoms with Crippen LogP contribution in [0, 0.1) is 19.8 Å². The summed E-state index contributed by atoms with van der Waals surface area (Å²) in [4.78, 5) is 14.3. The van der Waals surface area contributed by atoms with Crippen molar-refractivity contribution < 1.29 is 9.53 Å². The van der Waals surface area contributed by atoms with Gasteiger partial charge in [0.2, 0.25) is 5.91 Å². The predicted molar refractivity (Wildman–Crippen MR) is 101 cm³/mol. The third-order valence-corrected chi connectivity index (χ3v) is 4.65. The van der Waals surface area contributed by atoms with Crippen LogP contribution in [0.2, 0.25) is 0 Å². The van der Waals surface area contributed by atoms with E-state index in [0.717, 1.165) is 38.2 Å². The molecule has 0 bridgehead atoms. The lowest BCUT2D eigenvalue weighted by Gasteiger charge is -2.32. The lowest BCUT2D eigenvalue weighted by atomic mass is 9.97. The summed E-state index contributed by atoms with van der Waals surface area (Å²) in [6, 6.07) is 6.13. The summed E-state index contributed by atoms with van der Waals surface area (Å²) in [5.41, 5.74) is 2.51. The second kappa shape index (κ2) is 10.6. The number of amides is 1. The van der Waals surface area contributed by atoms with Crippen molar-refractivity contribution in [3.8, 4) is 5.75 Å². The van der Waals surface area contributed by atoms with Crippen molar-refractivity contribution in [3.63, 3.8) is 0 Å². The van der Waals surface area contributed by atoms with Crippen molar-refractivity contribution in [1.29, 1.82) is 0 Å². The van der Waals surface area contributed by atoms with Crippen molar-refractivity contribution in [2.45, 2.75) is 39.5 Å². The molecular formula is C19H31ClN2O2. The fourth-order valence-electron chi connectivity index (χ4n) is 3.12. The van der Waals surface area contributed by atoms with Crippen LogP contribution < -0.4 is 10.1 Å². The van der Waals surface area contributed by atoms with Gasteiger partial charge in [-0.25, -0.2) is 0 Å².